The van der Waals surface area contributed by atoms with E-state index < -0.39 is 0 Å². The van der Waals surface area contributed by atoms with E-state index in [9.17, 15) is 0 Å². The molecule has 5 heteroatoms. The fraction of sp³-hybridized carbons (Fsp3) is 0.625. The standard InChI is InChI=1S/C16H26N2O3/c1-18(8-11-19-2)7-6-17-13-14-4-5-15-16(12-14)21-10-3-9-20-15/h4-5,12,17H,3,6-11,13H2,1-2H3. The van der Waals surface area contributed by atoms with Crippen molar-refractivity contribution in [1.29, 1.82) is 0 Å². The zero-order valence-electron chi connectivity index (χ0n) is 13.1. The van der Waals surface area contributed by atoms with Crippen molar-refractivity contribution in [3.8, 4) is 11.5 Å². The Kier molecular flexibility index (Phi) is 6.79. The number of methoxy groups -OCH3 is 1. The van der Waals surface area contributed by atoms with Gasteiger partial charge in [0.05, 0.1) is 19.8 Å². The highest BCUT2D eigenvalue weighted by molar-refractivity contribution is 5.43. The molecule has 2 rings (SSSR count). The van der Waals surface area contributed by atoms with Crippen molar-refractivity contribution in [2.45, 2.75) is 13.0 Å². The fourth-order valence-electron chi connectivity index (χ4n) is 2.18. The molecule has 1 N–H and O–H groups in total. The minimum absolute atomic E-state index is 0.730. The number of likely N-dealkylation sites (N-methyl/N-ethyl adjacent to an activating group) is 1. The average Bonchev–Trinajstić information content (AvgIpc) is 2.74. The van der Waals surface area contributed by atoms with Gasteiger partial charge in [0.1, 0.15) is 0 Å². The molecule has 0 aromatic heterocycles. The first-order valence-electron chi connectivity index (χ1n) is 7.56. The number of nitrogens with zero attached hydrogens (tertiary/aromatic N) is 1. The molecule has 0 spiro atoms. The summed E-state index contributed by atoms with van der Waals surface area (Å²) in [6.07, 6.45) is 0.941. The third-order valence-corrected chi connectivity index (χ3v) is 3.49. The average molecular weight is 294 g/mol. The van der Waals surface area contributed by atoms with Crippen LogP contribution in [-0.2, 0) is 11.3 Å². The lowest BCUT2D eigenvalue weighted by atomic mass is 10.2. The molecule has 0 radical (unpaired) electrons. The summed E-state index contributed by atoms with van der Waals surface area (Å²) in [5.74, 6) is 1.72. The lowest BCUT2D eigenvalue weighted by Gasteiger charge is -2.16. The largest absolute Gasteiger partial charge is 0.490 e. The molecule has 0 aliphatic carbocycles. The zero-order valence-corrected chi connectivity index (χ0v) is 13.1. The Balaban J connectivity index is 1.72. The Bertz CT molecular complexity index is 426. The summed E-state index contributed by atoms with van der Waals surface area (Å²) in [6.45, 7) is 6.00. The first kappa shape index (κ1) is 16.1. The van der Waals surface area contributed by atoms with Crippen LogP contribution in [0.2, 0.25) is 0 Å². The van der Waals surface area contributed by atoms with E-state index in [-0.39, 0.29) is 0 Å². The number of hydrogen-bond donors (Lipinski definition) is 1. The molecule has 1 aromatic rings. The predicted octanol–water partition coefficient (Wildman–Crippen LogP) is 1.52. The van der Waals surface area contributed by atoms with Gasteiger partial charge in [0, 0.05) is 39.7 Å². The maximum absolute atomic E-state index is 5.70. The van der Waals surface area contributed by atoms with E-state index in [1.165, 1.54) is 5.56 Å². The normalized spacial score (nSPS) is 14.2. The molecule has 0 saturated carbocycles. The number of nitrogens with one attached hydrogen (secondary N) is 1. The van der Waals surface area contributed by atoms with Gasteiger partial charge in [-0.1, -0.05) is 6.07 Å². The molecular weight excluding hydrogens is 268 g/mol. The van der Waals surface area contributed by atoms with Crippen LogP contribution in [0.4, 0.5) is 0 Å². The van der Waals surface area contributed by atoms with E-state index in [0.29, 0.717) is 0 Å². The van der Waals surface area contributed by atoms with Gasteiger partial charge >= 0.3 is 0 Å². The van der Waals surface area contributed by atoms with Crippen molar-refractivity contribution < 1.29 is 14.2 Å². The summed E-state index contributed by atoms with van der Waals surface area (Å²) in [7, 11) is 3.84. The number of rotatable bonds is 8. The Hall–Kier alpha value is -1.30. The topological polar surface area (TPSA) is 43.0 Å². The van der Waals surface area contributed by atoms with E-state index in [1.54, 1.807) is 7.11 Å². The predicted molar refractivity (Wildman–Crippen MR) is 83.1 cm³/mol. The van der Waals surface area contributed by atoms with E-state index in [2.05, 4.69) is 29.4 Å². The molecule has 0 saturated heterocycles. The van der Waals surface area contributed by atoms with Crippen LogP contribution in [0.1, 0.15) is 12.0 Å². The van der Waals surface area contributed by atoms with Gasteiger partial charge in [0.2, 0.25) is 0 Å². The molecule has 21 heavy (non-hydrogen) atoms. The smallest absolute Gasteiger partial charge is 0.161 e. The summed E-state index contributed by atoms with van der Waals surface area (Å²) in [5.41, 5.74) is 1.22. The van der Waals surface area contributed by atoms with Crippen molar-refractivity contribution in [2.75, 3.05) is 53.6 Å². The van der Waals surface area contributed by atoms with Crippen LogP contribution in [-0.4, -0.2) is 58.5 Å². The minimum atomic E-state index is 0.730. The van der Waals surface area contributed by atoms with Crippen LogP contribution >= 0.6 is 0 Å². The Morgan fingerprint density at radius 2 is 2.00 bits per heavy atom. The molecule has 1 aromatic carbocycles. The Morgan fingerprint density at radius 3 is 2.81 bits per heavy atom. The zero-order chi connectivity index (χ0) is 14.9. The van der Waals surface area contributed by atoms with Gasteiger partial charge in [-0.15, -0.1) is 0 Å². The van der Waals surface area contributed by atoms with Gasteiger partial charge in [-0.3, -0.25) is 0 Å². The quantitative estimate of drug-likeness (QED) is 0.736. The second-order valence-electron chi connectivity index (χ2n) is 5.30. The maximum atomic E-state index is 5.70. The molecular formula is C16H26N2O3. The third-order valence-electron chi connectivity index (χ3n) is 3.49. The molecule has 0 bridgehead atoms. The van der Waals surface area contributed by atoms with Crippen molar-refractivity contribution in [3.63, 3.8) is 0 Å². The van der Waals surface area contributed by atoms with Gasteiger partial charge in [0.15, 0.2) is 11.5 Å². The van der Waals surface area contributed by atoms with Crippen LogP contribution in [0.25, 0.3) is 0 Å². The fourth-order valence-corrected chi connectivity index (χ4v) is 2.18. The van der Waals surface area contributed by atoms with Gasteiger partial charge in [-0.2, -0.15) is 0 Å². The third kappa shape index (κ3) is 5.53. The van der Waals surface area contributed by atoms with Crippen molar-refractivity contribution in [2.24, 2.45) is 0 Å². The van der Waals surface area contributed by atoms with Crippen LogP contribution in [0, 0.1) is 0 Å². The summed E-state index contributed by atoms with van der Waals surface area (Å²) in [4.78, 5) is 2.25. The molecule has 0 fully saturated rings. The van der Waals surface area contributed by atoms with Crippen molar-refractivity contribution >= 4 is 0 Å². The highest BCUT2D eigenvalue weighted by Gasteiger charge is 2.10. The number of fused-ring (bicyclic) bond motifs is 1. The molecule has 1 aliphatic heterocycles. The Morgan fingerprint density at radius 1 is 1.19 bits per heavy atom. The molecule has 1 aliphatic rings. The maximum Gasteiger partial charge on any atom is 0.161 e. The summed E-state index contributed by atoms with van der Waals surface area (Å²) >= 11 is 0. The first-order chi connectivity index (χ1) is 10.3. The van der Waals surface area contributed by atoms with E-state index in [0.717, 1.165) is 63.9 Å². The van der Waals surface area contributed by atoms with Crippen molar-refractivity contribution in [3.05, 3.63) is 23.8 Å². The lowest BCUT2D eigenvalue weighted by molar-refractivity contribution is 0.161. The second-order valence-corrected chi connectivity index (χ2v) is 5.30. The van der Waals surface area contributed by atoms with Crippen LogP contribution in [0.5, 0.6) is 11.5 Å². The van der Waals surface area contributed by atoms with Gasteiger partial charge in [0.25, 0.3) is 0 Å². The Labute approximate surface area is 127 Å². The highest BCUT2D eigenvalue weighted by atomic mass is 16.5. The molecule has 0 unspecified atom stereocenters. The molecule has 0 atom stereocenters. The summed E-state index contributed by atoms with van der Waals surface area (Å²) in [5, 5.41) is 3.45. The van der Waals surface area contributed by atoms with E-state index in [4.69, 9.17) is 14.2 Å². The number of benzene rings is 1. The number of hydrogen-bond acceptors (Lipinski definition) is 5. The van der Waals surface area contributed by atoms with Crippen molar-refractivity contribution in [1.82, 2.24) is 10.2 Å². The molecule has 118 valence electrons. The van der Waals surface area contributed by atoms with E-state index >= 15 is 0 Å². The first-order valence-corrected chi connectivity index (χ1v) is 7.56. The SMILES string of the molecule is COCCN(C)CCNCc1ccc2c(c1)OCCCO2. The van der Waals surface area contributed by atoms with E-state index in [1.807, 2.05) is 6.07 Å². The summed E-state index contributed by atoms with van der Waals surface area (Å²) < 4.78 is 16.4. The monoisotopic (exact) mass is 294 g/mol. The van der Waals surface area contributed by atoms with Crippen LogP contribution in [0.3, 0.4) is 0 Å². The second kappa shape index (κ2) is 8.87. The van der Waals surface area contributed by atoms with Gasteiger partial charge in [-0.05, 0) is 24.7 Å². The summed E-state index contributed by atoms with van der Waals surface area (Å²) in [6, 6.07) is 6.17. The molecule has 1 heterocycles. The lowest BCUT2D eigenvalue weighted by Crippen LogP contribution is -2.31. The van der Waals surface area contributed by atoms with Gasteiger partial charge < -0.3 is 24.4 Å². The molecule has 0 amide bonds. The van der Waals surface area contributed by atoms with Crippen LogP contribution < -0.4 is 14.8 Å². The number of ether oxygens (including phenoxy) is 3. The van der Waals surface area contributed by atoms with Gasteiger partial charge in [-0.25, -0.2) is 0 Å². The van der Waals surface area contributed by atoms with Crippen LogP contribution in [0.15, 0.2) is 18.2 Å². The molecule has 5 nitrogen and oxygen atoms in total. The minimum Gasteiger partial charge on any atom is -0.490 e. The highest BCUT2D eigenvalue weighted by Crippen LogP contribution is 2.30.